The minimum Gasteiger partial charge on any atom is -0.454 e. The van der Waals surface area contributed by atoms with Crippen molar-refractivity contribution in [3.05, 3.63) is 0 Å². The van der Waals surface area contributed by atoms with Gasteiger partial charge in [-0.05, 0) is 0 Å². The predicted molar refractivity (Wildman–Crippen MR) is 145 cm³/mol. The van der Waals surface area contributed by atoms with E-state index in [9.17, 15) is 57.1 Å². The van der Waals surface area contributed by atoms with Gasteiger partial charge in [0.15, 0.2) is 36.6 Å². The fourth-order valence-corrected chi connectivity index (χ4v) is 4.34. The van der Waals surface area contributed by atoms with Crippen molar-refractivity contribution in [2.24, 2.45) is 0 Å². The van der Waals surface area contributed by atoms with Gasteiger partial charge in [0.2, 0.25) is 0 Å². The largest absolute Gasteiger partial charge is 0.531 e. The number of carbonyl (C=O) groups is 6. The Kier molecular flexibility index (Phi) is 16.4. The zero-order chi connectivity index (χ0) is 37.0. The van der Waals surface area contributed by atoms with Crippen LogP contribution in [0.2, 0.25) is 0 Å². The number of esters is 3. The van der Waals surface area contributed by atoms with Gasteiger partial charge < -0.3 is 42.0 Å². The highest BCUT2D eigenvalue weighted by Gasteiger charge is 2.62. The van der Waals surface area contributed by atoms with Gasteiger partial charge in [0.1, 0.15) is 0 Å². The molecule has 0 heterocycles. The van der Waals surface area contributed by atoms with Gasteiger partial charge in [-0.3, -0.25) is 42.6 Å². The van der Waals surface area contributed by atoms with Crippen LogP contribution in [0.15, 0.2) is 0 Å². The van der Waals surface area contributed by atoms with Crippen molar-refractivity contribution in [2.75, 3.05) is 21.3 Å². The SMILES string of the molecule is CCC(=O)OC1[C@@H](OC(=O)CC)[C@H](OC(=O)OP(=O)(O)OC)C(OC(=O)OP(=O)(O)OC)[C@@H](OC(=O)OP(=O)(O)OC)[C@H]1OC(=O)CC. The van der Waals surface area contributed by atoms with E-state index in [1.54, 1.807) is 0 Å². The fraction of sp³-hybridized carbons (Fsp3) is 0.714. The number of rotatable bonds is 15. The quantitative estimate of drug-likeness (QED) is 0.122. The lowest BCUT2D eigenvalue weighted by molar-refractivity contribution is -0.250. The maximum atomic E-state index is 12.7. The van der Waals surface area contributed by atoms with Gasteiger partial charge in [-0.1, -0.05) is 20.8 Å². The summed E-state index contributed by atoms with van der Waals surface area (Å²) >= 11 is 0. The molecule has 1 aliphatic rings. The van der Waals surface area contributed by atoms with Crippen LogP contribution in [0.25, 0.3) is 0 Å². The average Bonchev–Trinajstić information content (AvgIpc) is 3.00. The van der Waals surface area contributed by atoms with Crippen molar-refractivity contribution in [1.29, 1.82) is 0 Å². The van der Waals surface area contributed by atoms with Crippen molar-refractivity contribution in [3.63, 3.8) is 0 Å². The van der Waals surface area contributed by atoms with Crippen LogP contribution in [0.3, 0.4) is 0 Å². The van der Waals surface area contributed by atoms with Crippen LogP contribution >= 0.6 is 23.5 Å². The van der Waals surface area contributed by atoms with E-state index in [1.807, 2.05) is 0 Å². The molecule has 0 spiro atoms. The van der Waals surface area contributed by atoms with E-state index in [4.69, 9.17) is 28.4 Å². The van der Waals surface area contributed by atoms with E-state index >= 15 is 0 Å². The minimum absolute atomic E-state index is 0.418. The highest BCUT2D eigenvalue weighted by Crippen LogP contribution is 2.46. The van der Waals surface area contributed by atoms with Gasteiger partial charge in [0.05, 0.1) is 0 Å². The fourth-order valence-electron chi connectivity index (χ4n) is 3.42. The molecule has 0 radical (unpaired) electrons. The van der Waals surface area contributed by atoms with E-state index < -0.39 is 116 Å². The zero-order valence-electron chi connectivity index (χ0n) is 25.8. The maximum absolute atomic E-state index is 12.7. The Morgan fingerprint density at radius 1 is 0.438 bits per heavy atom. The summed E-state index contributed by atoms with van der Waals surface area (Å²) in [4.78, 5) is 104. The Bertz CT molecular complexity index is 1260. The van der Waals surface area contributed by atoms with Crippen molar-refractivity contribution in [3.8, 4) is 0 Å². The molecular formula is C21H33O24P3. The number of phosphoric acid groups is 3. The van der Waals surface area contributed by atoms with Crippen LogP contribution < -0.4 is 0 Å². The molecule has 1 rings (SSSR count). The number of hydrogen-bond acceptors (Lipinski definition) is 21. The summed E-state index contributed by atoms with van der Waals surface area (Å²) in [5.74, 6) is -3.45. The molecule has 5 unspecified atom stereocenters. The van der Waals surface area contributed by atoms with Crippen molar-refractivity contribution in [2.45, 2.75) is 76.7 Å². The number of phosphoric ester groups is 3. The summed E-state index contributed by atoms with van der Waals surface area (Å²) in [6, 6.07) is 0. The molecule has 0 aromatic heterocycles. The average molecular weight is 762 g/mol. The van der Waals surface area contributed by atoms with Crippen molar-refractivity contribution < 1.29 is 113 Å². The lowest BCUT2D eigenvalue weighted by atomic mass is 9.83. The lowest BCUT2D eigenvalue weighted by Gasteiger charge is -2.46. The molecule has 0 saturated heterocycles. The van der Waals surface area contributed by atoms with Crippen molar-refractivity contribution >= 4 is 59.8 Å². The highest BCUT2D eigenvalue weighted by atomic mass is 31.2. The van der Waals surface area contributed by atoms with Crippen LogP contribution in [0.5, 0.6) is 0 Å². The first kappa shape index (κ1) is 42.7. The summed E-state index contributed by atoms with van der Waals surface area (Å²) in [7, 11) is -13.8. The van der Waals surface area contributed by atoms with Gasteiger partial charge in [0.25, 0.3) is 0 Å². The molecular weight excluding hydrogens is 729 g/mol. The number of ether oxygens (including phenoxy) is 6. The molecule has 3 N–H and O–H groups in total. The second kappa shape index (κ2) is 18.4. The minimum atomic E-state index is -5.23. The first-order valence-electron chi connectivity index (χ1n) is 13.1. The van der Waals surface area contributed by atoms with Gasteiger partial charge in [-0.25, -0.2) is 28.1 Å². The molecule has 1 saturated carbocycles. The Morgan fingerprint density at radius 2 is 0.625 bits per heavy atom. The number of hydrogen-bond donors (Lipinski definition) is 3. The molecule has 27 heteroatoms. The van der Waals surface area contributed by atoms with Crippen LogP contribution in [-0.2, 0) is 83.6 Å². The molecule has 0 bridgehead atoms. The molecule has 48 heavy (non-hydrogen) atoms. The third-order valence-corrected chi connectivity index (χ3v) is 8.09. The molecule has 276 valence electrons. The van der Waals surface area contributed by atoms with Crippen LogP contribution in [0.1, 0.15) is 40.0 Å². The summed E-state index contributed by atoms with van der Waals surface area (Å²) in [6.07, 6.45) is -22.2. The summed E-state index contributed by atoms with van der Waals surface area (Å²) in [5, 5.41) is 0. The normalized spacial score (nSPS) is 25.7. The Hall–Kier alpha value is -3.33. The second-order valence-corrected chi connectivity index (χ2v) is 13.1. The van der Waals surface area contributed by atoms with E-state index in [1.165, 1.54) is 20.8 Å². The summed E-state index contributed by atoms with van der Waals surface area (Å²) in [5.41, 5.74) is 0. The van der Waals surface area contributed by atoms with E-state index in [0.717, 1.165) is 0 Å². The highest BCUT2D eigenvalue weighted by molar-refractivity contribution is 7.48. The molecule has 0 amide bonds. The molecule has 0 aromatic carbocycles. The van der Waals surface area contributed by atoms with E-state index in [-0.39, 0.29) is 0 Å². The smallest absolute Gasteiger partial charge is 0.454 e. The van der Waals surface area contributed by atoms with Gasteiger partial charge in [0, 0.05) is 40.6 Å². The first-order valence-corrected chi connectivity index (χ1v) is 17.6. The number of carbonyl (C=O) groups excluding carboxylic acids is 6. The Labute approximate surface area is 270 Å². The third kappa shape index (κ3) is 13.3. The second-order valence-electron chi connectivity index (χ2n) is 8.65. The third-order valence-electron chi connectivity index (χ3n) is 5.57. The van der Waals surface area contributed by atoms with Crippen molar-refractivity contribution in [1.82, 2.24) is 0 Å². The standard InChI is InChI=1S/C21H33O24P3/c1-7-10(22)37-13-14(38-11(23)8-2)16(40-19(25)43-46(28,29)34-4)18(42-21(27)45-48(32,33)36-6)17(15(13)39-12(24)9-3)41-20(26)44-47(30,31)35-5/h13-18H,7-9H2,1-6H3,(H,28,29)(H,30,31)(H,32,33)/t13?,14-,15+,16-,17-,18?/m0/s1. The van der Waals surface area contributed by atoms with Gasteiger partial charge in [-0.2, -0.15) is 0 Å². The van der Waals surface area contributed by atoms with Gasteiger partial charge in [-0.15, -0.1) is 0 Å². The molecule has 1 fully saturated rings. The molecule has 1 aliphatic carbocycles. The summed E-state index contributed by atoms with van der Waals surface area (Å²) < 4.78 is 91.2. The zero-order valence-corrected chi connectivity index (χ0v) is 28.5. The molecule has 0 aromatic rings. The molecule has 24 nitrogen and oxygen atoms in total. The lowest BCUT2D eigenvalue weighted by Crippen LogP contribution is -2.69. The van der Waals surface area contributed by atoms with E-state index in [0.29, 0.717) is 21.3 Å². The topological polar surface area (TPSA) is 325 Å². The monoisotopic (exact) mass is 762 g/mol. The van der Waals surface area contributed by atoms with Crippen LogP contribution in [0, 0.1) is 0 Å². The van der Waals surface area contributed by atoms with Crippen LogP contribution in [0.4, 0.5) is 14.4 Å². The Balaban J connectivity index is 4.08. The van der Waals surface area contributed by atoms with E-state index in [2.05, 4.69) is 27.1 Å². The maximum Gasteiger partial charge on any atom is 0.531 e. The van der Waals surface area contributed by atoms with Gasteiger partial charge >= 0.3 is 59.8 Å². The molecule has 0 aliphatic heterocycles. The Morgan fingerprint density at radius 3 is 0.792 bits per heavy atom. The summed E-state index contributed by atoms with van der Waals surface area (Å²) in [6.45, 7) is 3.80. The first-order chi connectivity index (χ1) is 22.2. The molecule has 9 atom stereocenters. The predicted octanol–water partition coefficient (Wildman–Crippen LogP) is 1.77. The van der Waals surface area contributed by atoms with Crippen LogP contribution in [-0.4, -0.2) is 109 Å².